The van der Waals surface area contributed by atoms with Gasteiger partial charge in [-0.15, -0.1) is 11.3 Å². The number of hydrogen-bond acceptors (Lipinski definition) is 3. The van der Waals surface area contributed by atoms with Crippen LogP contribution in [0.1, 0.15) is 34.0 Å². The largest absolute Gasteiger partial charge is 0.392 e. The van der Waals surface area contributed by atoms with Crippen molar-refractivity contribution >= 4 is 11.3 Å². The summed E-state index contributed by atoms with van der Waals surface area (Å²) >= 11 is 1.71. The van der Waals surface area contributed by atoms with Crippen molar-refractivity contribution in [1.82, 2.24) is 4.98 Å². The van der Waals surface area contributed by atoms with E-state index in [0.717, 1.165) is 23.5 Å². The number of hydrogen-bond donors (Lipinski definition) is 1. The van der Waals surface area contributed by atoms with Gasteiger partial charge in [-0.3, -0.25) is 0 Å². The maximum Gasteiger partial charge on any atom is 0.0956 e. The second-order valence-corrected chi connectivity index (χ2v) is 6.78. The Labute approximate surface area is 118 Å². The van der Waals surface area contributed by atoms with Crippen LogP contribution in [0.5, 0.6) is 0 Å². The zero-order valence-corrected chi connectivity index (χ0v) is 12.2. The Balaban J connectivity index is 1.79. The fourth-order valence-electron chi connectivity index (χ4n) is 2.71. The Hall–Kier alpha value is -1.19. The molecule has 0 amide bonds. The number of thiazole rings is 1. The van der Waals surface area contributed by atoms with E-state index in [1.165, 1.54) is 10.4 Å². The second kappa shape index (κ2) is 4.73. The summed E-state index contributed by atoms with van der Waals surface area (Å²) in [7, 11) is 0. The first-order valence-electron chi connectivity index (χ1n) is 6.78. The van der Waals surface area contributed by atoms with E-state index < -0.39 is 0 Å². The fourth-order valence-corrected chi connectivity index (χ4v) is 3.68. The van der Waals surface area contributed by atoms with Crippen LogP contribution in [0.4, 0.5) is 0 Å². The van der Waals surface area contributed by atoms with Gasteiger partial charge in [0.05, 0.1) is 16.8 Å². The molecule has 1 unspecified atom stereocenters. The fraction of sp³-hybridized carbons (Fsp3) is 0.438. The molecule has 2 aromatic rings. The Kier molecular flexibility index (Phi) is 3.19. The van der Waals surface area contributed by atoms with Crippen LogP contribution in [0.25, 0.3) is 0 Å². The molecule has 1 aliphatic carbocycles. The molecule has 2 nitrogen and oxygen atoms in total. The van der Waals surface area contributed by atoms with Gasteiger partial charge in [0, 0.05) is 16.7 Å². The highest BCUT2D eigenvalue weighted by molar-refractivity contribution is 7.11. The van der Waals surface area contributed by atoms with Crippen molar-refractivity contribution in [2.75, 3.05) is 0 Å². The smallest absolute Gasteiger partial charge is 0.0956 e. The number of aliphatic hydroxyl groups is 1. The summed E-state index contributed by atoms with van der Waals surface area (Å²) in [6.07, 6.45) is 2.52. The number of benzene rings is 1. The molecule has 1 fully saturated rings. The van der Waals surface area contributed by atoms with Crippen molar-refractivity contribution in [1.29, 1.82) is 0 Å². The van der Waals surface area contributed by atoms with Gasteiger partial charge in [-0.2, -0.15) is 0 Å². The first-order chi connectivity index (χ1) is 9.12. The molecule has 100 valence electrons. The Morgan fingerprint density at radius 1 is 1.26 bits per heavy atom. The van der Waals surface area contributed by atoms with E-state index in [-0.39, 0.29) is 11.5 Å². The summed E-state index contributed by atoms with van der Waals surface area (Å²) in [6, 6.07) is 10.4. The lowest BCUT2D eigenvalue weighted by Gasteiger charge is -2.22. The topological polar surface area (TPSA) is 33.1 Å². The maximum absolute atomic E-state index is 10.6. The van der Waals surface area contributed by atoms with Gasteiger partial charge >= 0.3 is 0 Å². The van der Waals surface area contributed by atoms with Gasteiger partial charge in [0.1, 0.15) is 0 Å². The quantitative estimate of drug-likeness (QED) is 0.926. The number of rotatable bonds is 4. The van der Waals surface area contributed by atoms with Crippen LogP contribution < -0.4 is 0 Å². The van der Waals surface area contributed by atoms with Crippen LogP contribution in [0, 0.1) is 13.8 Å². The molecule has 1 aromatic heterocycles. The molecule has 0 saturated heterocycles. The summed E-state index contributed by atoms with van der Waals surface area (Å²) < 4.78 is 0. The average Bonchev–Trinajstić information content (AvgIpc) is 3.15. The summed E-state index contributed by atoms with van der Waals surface area (Å²) in [6.45, 7) is 4.12. The second-order valence-electron chi connectivity index (χ2n) is 5.49. The summed E-state index contributed by atoms with van der Waals surface area (Å²) in [5, 5.41) is 11.7. The van der Waals surface area contributed by atoms with Crippen molar-refractivity contribution in [2.24, 2.45) is 0 Å². The van der Waals surface area contributed by atoms with Crippen LogP contribution in [0.15, 0.2) is 30.3 Å². The molecule has 19 heavy (non-hydrogen) atoms. The molecule has 1 atom stereocenters. The highest BCUT2D eigenvalue weighted by Crippen LogP contribution is 2.51. The summed E-state index contributed by atoms with van der Waals surface area (Å²) in [5.74, 6) is 0. The van der Waals surface area contributed by atoms with E-state index in [1.807, 2.05) is 13.0 Å². The van der Waals surface area contributed by atoms with E-state index in [1.54, 1.807) is 11.3 Å². The monoisotopic (exact) mass is 273 g/mol. The van der Waals surface area contributed by atoms with Crippen LogP contribution >= 0.6 is 11.3 Å². The van der Waals surface area contributed by atoms with Crippen molar-refractivity contribution < 1.29 is 5.11 Å². The Morgan fingerprint density at radius 2 is 1.95 bits per heavy atom. The van der Waals surface area contributed by atoms with Gasteiger partial charge in [-0.05, 0) is 32.3 Å². The molecular formula is C16H19NOS. The first-order valence-corrected chi connectivity index (χ1v) is 7.60. The van der Waals surface area contributed by atoms with Crippen LogP contribution in [0.2, 0.25) is 0 Å². The molecule has 1 aliphatic rings. The van der Waals surface area contributed by atoms with E-state index in [4.69, 9.17) is 0 Å². The molecular weight excluding hydrogens is 254 g/mol. The lowest BCUT2D eigenvalue weighted by atomic mass is 9.88. The summed E-state index contributed by atoms with van der Waals surface area (Å²) in [4.78, 5) is 5.80. The first kappa shape index (κ1) is 12.8. The van der Waals surface area contributed by atoms with Gasteiger partial charge in [0.2, 0.25) is 0 Å². The highest BCUT2D eigenvalue weighted by atomic mass is 32.1. The standard InChI is InChI=1S/C16H19NOS/c1-11-12(2)19-15(17-11)10-14(18)16(8-9-16)13-6-4-3-5-7-13/h3-7,14,18H,8-10H2,1-2H3. The molecule has 3 heteroatoms. The SMILES string of the molecule is Cc1nc(CC(O)C2(c3ccccc3)CC2)sc1C. The van der Waals surface area contributed by atoms with Crippen molar-refractivity contribution in [2.45, 2.75) is 44.6 Å². The normalized spacial score (nSPS) is 18.3. The van der Waals surface area contributed by atoms with Crippen molar-refractivity contribution in [3.63, 3.8) is 0 Å². The van der Waals surface area contributed by atoms with Crippen molar-refractivity contribution in [3.05, 3.63) is 51.5 Å². The molecule has 0 aliphatic heterocycles. The van der Waals surface area contributed by atoms with Gasteiger partial charge in [-0.25, -0.2) is 4.98 Å². The zero-order chi connectivity index (χ0) is 13.5. The third-order valence-corrected chi connectivity index (χ3v) is 5.31. The average molecular weight is 273 g/mol. The molecule has 1 saturated carbocycles. The van der Waals surface area contributed by atoms with Crippen LogP contribution in [-0.2, 0) is 11.8 Å². The minimum Gasteiger partial charge on any atom is -0.392 e. The lowest BCUT2D eigenvalue weighted by Crippen LogP contribution is -2.28. The van der Waals surface area contributed by atoms with Gasteiger partial charge in [-0.1, -0.05) is 30.3 Å². The molecule has 0 radical (unpaired) electrons. The third-order valence-electron chi connectivity index (χ3n) is 4.22. The lowest BCUT2D eigenvalue weighted by molar-refractivity contribution is 0.131. The zero-order valence-electron chi connectivity index (χ0n) is 11.4. The minimum absolute atomic E-state index is 0.0191. The molecule has 0 bridgehead atoms. The Morgan fingerprint density at radius 3 is 2.47 bits per heavy atom. The molecule has 1 heterocycles. The molecule has 3 rings (SSSR count). The van der Waals surface area contributed by atoms with Gasteiger partial charge in [0.25, 0.3) is 0 Å². The van der Waals surface area contributed by atoms with E-state index in [9.17, 15) is 5.11 Å². The van der Waals surface area contributed by atoms with Crippen LogP contribution in [-0.4, -0.2) is 16.2 Å². The number of nitrogens with zero attached hydrogens (tertiary/aromatic N) is 1. The predicted octanol–water partition coefficient (Wildman–Crippen LogP) is 3.40. The van der Waals surface area contributed by atoms with Crippen LogP contribution in [0.3, 0.4) is 0 Å². The number of aliphatic hydroxyl groups excluding tert-OH is 1. The third kappa shape index (κ3) is 2.33. The molecule has 1 N–H and O–H groups in total. The molecule has 0 spiro atoms. The Bertz CT molecular complexity index is 552. The van der Waals surface area contributed by atoms with E-state index >= 15 is 0 Å². The maximum atomic E-state index is 10.6. The highest BCUT2D eigenvalue weighted by Gasteiger charge is 2.50. The van der Waals surface area contributed by atoms with E-state index in [0.29, 0.717) is 6.42 Å². The predicted molar refractivity (Wildman–Crippen MR) is 78.7 cm³/mol. The summed E-state index contributed by atoms with van der Waals surface area (Å²) in [5.41, 5.74) is 2.35. The molecule has 1 aromatic carbocycles. The number of aromatic nitrogens is 1. The number of aryl methyl sites for hydroxylation is 2. The van der Waals surface area contributed by atoms with Gasteiger partial charge in [0.15, 0.2) is 0 Å². The van der Waals surface area contributed by atoms with E-state index in [2.05, 4.69) is 36.2 Å². The minimum atomic E-state index is -0.320. The van der Waals surface area contributed by atoms with Crippen molar-refractivity contribution in [3.8, 4) is 0 Å². The van der Waals surface area contributed by atoms with Gasteiger partial charge < -0.3 is 5.11 Å².